The molecule has 0 heterocycles. The van der Waals surface area contributed by atoms with E-state index in [9.17, 15) is 9.59 Å². The van der Waals surface area contributed by atoms with Gasteiger partial charge in [0.05, 0.1) is 6.21 Å². The van der Waals surface area contributed by atoms with Gasteiger partial charge in [-0.1, -0.05) is 28.1 Å². The van der Waals surface area contributed by atoms with E-state index in [-0.39, 0.29) is 24.7 Å². The molecule has 2 aromatic rings. The molecule has 0 radical (unpaired) electrons. The van der Waals surface area contributed by atoms with E-state index in [1.165, 1.54) is 0 Å². The first kappa shape index (κ1) is 18.6. The lowest BCUT2D eigenvalue weighted by Gasteiger charge is -2.04. The van der Waals surface area contributed by atoms with E-state index in [1.54, 1.807) is 6.21 Å². The van der Waals surface area contributed by atoms with E-state index < -0.39 is 0 Å². The third-order valence-corrected chi connectivity index (χ3v) is 4.23. The van der Waals surface area contributed by atoms with E-state index in [2.05, 4.69) is 54.4 Å². The van der Waals surface area contributed by atoms with Crippen LogP contribution in [0.4, 0.5) is 5.69 Å². The van der Waals surface area contributed by atoms with Gasteiger partial charge in [-0.25, -0.2) is 5.43 Å². The lowest BCUT2D eigenvalue weighted by atomic mass is 10.2. The van der Waals surface area contributed by atoms with Gasteiger partial charge in [0.15, 0.2) is 0 Å². The number of anilines is 1. The maximum Gasteiger partial charge on any atom is 0.240 e. The third-order valence-electron chi connectivity index (χ3n) is 2.98. The van der Waals surface area contributed by atoms with Crippen LogP contribution in [0.5, 0.6) is 0 Å². The van der Waals surface area contributed by atoms with Crippen molar-refractivity contribution in [2.75, 3.05) is 5.32 Å². The van der Waals surface area contributed by atoms with Crippen LogP contribution in [-0.4, -0.2) is 18.0 Å². The van der Waals surface area contributed by atoms with Crippen molar-refractivity contribution in [2.45, 2.75) is 12.8 Å². The van der Waals surface area contributed by atoms with Crippen molar-refractivity contribution in [1.82, 2.24) is 5.43 Å². The Morgan fingerprint density at radius 3 is 2.29 bits per heavy atom. The zero-order valence-corrected chi connectivity index (χ0v) is 16.4. The number of hydrogen-bond donors (Lipinski definition) is 2. The third kappa shape index (κ3) is 6.79. The predicted octanol–water partition coefficient (Wildman–Crippen LogP) is 3.92. The average Bonchev–Trinajstić information content (AvgIpc) is 2.57. The van der Waals surface area contributed by atoms with Crippen molar-refractivity contribution in [2.24, 2.45) is 5.10 Å². The Morgan fingerprint density at radius 2 is 1.62 bits per heavy atom. The predicted molar refractivity (Wildman–Crippen MR) is 107 cm³/mol. The number of benzene rings is 2. The summed E-state index contributed by atoms with van der Waals surface area (Å²) in [5.74, 6) is -0.510. The maximum atomic E-state index is 11.8. The Hall–Kier alpha value is -1.74. The second-order valence-electron chi connectivity index (χ2n) is 4.90. The van der Waals surface area contributed by atoms with Crippen molar-refractivity contribution < 1.29 is 9.59 Å². The first-order valence-corrected chi connectivity index (χ1v) is 9.03. The van der Waals surface area contributed by atoms with E-state index in [0.29, 0.717) is 5.69 Å². The van der Waals surface area contributed by atoms with Gasteiger partial charge in [-0.3, -0.25) is 9.59 Å². The van der Waals surface area contributed by atoms with Crippen molar-refractivity contribution in [1.29, 1.82) is 0 Å². The summed E-state index contributed by atoms with van der Waals surface area (Å²) in [6.45, 7) is 0. The highest BCUT2D eigenvalue weighted by Gasteiger charge is 2.06. The Morgan fingerprint density at radius 1 is 1.00 bits per heavy atom. The SMILES string of the molecule is O=C(CCC(=O)Nc1ccc(I)cc1)N/N=C\c1ccc(Br)cc1. The fourth-order valence-electron chi connectivity index (χ4n) is 1.77. The molecule has 5 nitrogen and oxygen atoms in total. The zero-order chi connectivity index (χ0) is 17.4. The zero-order valence-electron chi connectivity index (χ0n) is 12.6. The minimum atomic E-state index is -0.305. The summed E-state index contributed by atoms with van der Waals surface area (Å²) in [6, 6.07) is 15.0. The van der Waals surface area contributed by atoms with Crippen LogP contribution in [0.2, 0.25) is 0 Å². The summed E-state index contributed by atoms with van der Waals surface area (Å²) in [5, 5.41) is 6.62. The van der Waals surface area contributed by atoms with Gasteiger partial charge < -0.3 is 5.32 Å². The van der Waals surface area contributed by atoms with E-state index in [0.717, 1.165) is 13.6 Å². The van der Waals surface area contributed by atoms with Gasteiger partial charge in [-0.2, -0.15) is 5.10 Å². The molecule has 124 valence electrons. The van der Waals surface area contributed by atoms with E-state index in [4.69, 9.17) is 0 Å². The molecule has 0 unspecified atom stereocenters. The monoisotopic (exact) mass is 499 g/mol. The molecule has 0 saturated carbocycles. The first-order chi connectivity index (χ1) is 11.5. The van der Waals surface area contributed by atoms with Crippen LogP contribution in [0.25, 0.3) is 0 Å². The smallest absolute Gasteiger partial charge is 0.240 e. The van der Waals surface area contributed by atoms with Crippen molar-refractivity contribution in [3.05, 3.63) is 62.1 Å². The van der Waals surface area contributed by atoms with Crippen molar-refractivity contribution in [3.63, 3.8) is 0 Å². The first-order valence-electron chi connectivity index (χ1n) is 7.16. The Bertz CT molecular complexity index is 731. The molecule has 0 bridgehead atoms. The molecular formula is C17H15BrIN3O2. The molecule has 24 heavy (non-hydrogen) atoms. The van der Waals surface area contributed by atoms with Crippen LogP contribution >= 0.6 is 38.5 Å². The molecule has 0 fully saturated rings. The van der Waals surface area contributed by atoms with Gasteiger partial charge in [0.25, 0.3) is 0 Å². The summed E-state index contributed by atoms with van der Waals surface area (Å²) < 4.78 is 2.07. The number of rotatable bonds is 6. The van der Waals surface area contributed by atoms with Gasteiger partial charge in [0.2, 0.25) is 11.8 Å². The van der Waals surface area contributed by atoms with Gasteiger partial charge >= 0.3 is 0 Å². The number of amides is 2. The fraction of sp³-hybridized carbons (Fsp3) is 0.118. The molecule has 2 aromatic carbocycles. The van der Waals surface area contributed by atoms with E-state index >= 15 is 0 Å². The Labute approximate surface area is 162 Å². The molecule has 2 amide bonds. The second-order valence-corrected chi connectivity index (χ2v) is 7.06. The average molecular weight is 500 g/mol. The van der Waals surface area contributed by atoms with Crippen LogP contribution in [-0.2, 0) is 9.59 Å². The van der Waals surface area contributed by atoms with Gasteiger partial charge in [0, 0.05) is 26.6 Å². The molecule has 0 spiro atoms. The van der Waals surface area contributed by atoms with Crippen molar-refractivity contribution in [3.8, 4) is 0 Å². The maximum absolute atomic E-state index is 11.8. The largest absolute Gasteiger partial charge is 0.326 e. The van der Waals surface area contributed by atoms with Crippen LogP contribution in [0.15, 0.2) is 58.1 Å². The van der Waals surface area contributed by atoms with Gasteiger partial charge in [0.1, 0.15) is 0 Å². The molecular weight excluding hydrogens is 485 g/mol. The fourth-order valence-corrected chi connectivity index (χ4v) is 2.39. The van der Waals surface area contributed by atoms with Crippen LogP contribution < -0.4 is 10.7 Å². The topological polar surface area (TPSA) is 70.6 Å². The Kier molecular flexibility index (Phi) is 7.38. The van der Waals surface area contributed by atoms with Crippen LogP contribution in [0.1, 0.15) is 18.4 Å². The Balaban J connectivity index is 1.71. The molecule has 0 aliphatic carbocycles. The minimum absolute atomic E-state index is 0.0773. The summed E-state index contributed by atoms with van der Waals surface area (Å²) in [5.41, 5.74) is 4.00. The number of nitrogens with zero attached hydrogens (tertiary/aromatic N) is 1. The van der Waals surface area contributed by atoms with Gasteiger partial charge in [-0.15, -0.1) is 0 Å². The standard InChI is InChI=1S/C17H15BrIN3O2/c18-13-3-1-12(2-4-13)11-20-22-17(24)10-9-16(23)21-15-7-5-14(19)6-8-15/h1-8,11H,9-10H2,(H,21,23)(H,22,24)/b20-11-. The molecule has 0 aliphatic heterocycles. The number of carbonyl (C=O) groups excluding carboxylic acids is 2. The quantitative estimate of drug-likeness (QED) is 0.359. The summed E-state index contributed by atoms with van der Waals surface area (Å²) >= 11 is 5.54. The summed E-state index contributed by atoms with van der Waals surface area (Å²) in [6.07, 6.45) is 1.73. The highest BCUT2D eigenvalue weighted by molar-refractivity contribution is 14.1. The summed E-state index contributed by atoms with van der Waals surface area (Å²) in [4.78, 5) is 23.5. The number of nitrogens with one attached hydrogen (secondary N) is 2. The highest BCUT2D eigenvalue weighted by Crippen LogP contribution is 2.11. The molecule has 0 aliphatic rings. The van der Waals surface area contributed by atoms with E-state index in [1.807, 2.05) is 48.5 Å². The number of hydrogen-bond acceptors (Lipinski definition) is 3. The van der Waals surface area contributed by atoms with Gasteiger partial charge in [-0.05, 0) is 64.6 Å². The van der Waals surface area contributed by atoms with Crippen molar-refractivity contribution >= 4 is 62.2 Å². The molecule has 2 N–H and O–H groups in total. The minimum Gasteiger partial charge on any atom is -0.326 e. The number of halogens is 2. The number of hydrazone groups is 1. The molecule has 0 saturated heterocycles. The van der Waals surface area contributed by atoms with Crippen LogP contribution in [0.3, 0.4) is 0 Å². The summed E-state index contributed by atoms with van der Waals surface area (Å²) in [7, 11) is 0. The second kappa shape index (κ2) is 9.53. The molecule has 2 rings (SSSR count). The molecule has 7 heteroatoms. The number of carbonyl (C=O) groups is 2. The molecule has 0 atom stereocenters. The lowest BCUT2D eigenvalue weighted by molar-refractivity contribution is -0.124. The molecule has 0 aromatic heterocycles. The van der Waals surface area contributed by atoms with Crippen LogP contribution in [0, 0.1) is 3.57 Å². The highest BCUT2D eigenvalue weighted by atomic mass is 127. The normalized spacial score (nSPS) is 10.6. The lowest BCUT2D eigenvalue weighted by Crippen LogP contribution is -2.20.